The normalized spacial score (nSPS) is 22.8. The van der Waals surface area contributed by atoms with E-state index in [1.165, 1.54) is 12.1 Å². The lowest BCUT2D eigenvalue weighted by molar-refractivity contribution is -0.183. The van der Waals surface area contributed by atoms with Gasteiger partial charge in [0.15, 0.2) is 5.79 Å². The molecule has 4 heteroatoms. The molecule has 0 radical (unpaired) electrons. The number of hydrogen-bond donors (Lipinski definition) is 0. The Kier molecular flexibility index (Phi) is 4.06. The fraction of sp³-hybridized carbons (Fsp3) is 0.625. The zero-order valence-corrected chi connectivity index (χ0v) is 12.0. The molecule has 2 fully saturated rings. The molecule has 3 nitrogen and oxygen atoms in total. The van der Waals surface area contributed by atoms with Crippen molar-refractivity contribution in [2.75, 3.05) is 20.3 Å². The summed E-state index contributed by atoms with van der Waals surface area (Å²) in [5.74, 6) is -0.459. The fourth-order valence-corrected chi connectivity index (χ4v) is 3.28. The fourth-order valence-electron chi connectivity index (χ4n) is 3.28. The third-order valence-corrected chi connectivity index (χ3v) is 4.50. The molecule has 0 atom stereocenters. The van der Waals surface area contributed by atoms with E-state index in [1.807, 2.05) is 12.1 Å². The van der Waals surface area contributed by atoms with Crippen molar-refractivity contribution in [3.05, 3.63) is 35.6 Å². The van der Waals surface area contributed by atoms with E-state index < -0.39 is 0 Å². The maximum atomic E-state index is 12.9. The number of benzene rings is 1. The highest BCUT2D eigenvalue weighted by molar-refractivity contribution is 5.16. The molecule has 1 aromatic rings. The van der Waals surface area contributed by atoms with Crippen molar-refractivity contribution in [1.82, 2.24) is 4.90 Å². The van der Waals surface area contributed by atoms with Gasteiger partial charge >= 0.3 is 0 Å². The largest absolute Gasteiger partial charge is 0.348 e. The molecular formula is C16H22FNO2. The summed E-state index contributed by atoms with van der Waals surface area (Å²) in [4.78, 5) is 2.36. The highest BCUT2D eigenvalue weighted by Gasteiger charge is 2.40. The van der Waals surface area contributed by atoms with Gasteiger partial charge in [-0.1, -0.05) is 12.1 Å². The lowest BCUT2D eigenvalue weighted by Crippen LogP contribution is -2.42. The van der Waals surface area contributed by atoms with E-state index in [0.717, 1.165) is 51.0 Å². The van der Waals surface area contributed by atoms with E-state index in [2.05, 4.69) is 11.9 Å². The Bertz CT molecular complexity index is 432. The zero-order valence-electron chi connectivity index (χ0n) is 12.0. The number of ether oxygens (including phenoxy) is 2. The van der Waals surface area contributed by atoms with Crippen LogP contribution in [0, 0.1) is 5.82 Å². The highest BCUT2D eigenvalue weighted by Crippen LogP contribution is 2.37. The Hall–Kier alpha value is -0.970. The van der Waals surface area contributed by atoms with E-state index in [0.29, 0.717) is 6.04 Å². The first kappa shape index (κ1) is 14.0. The maximum absolute atomic E-state index is 12.9. The SMILES string of the molecule is CN(Cc1ccc(F)cc1)C1CCC2(CC1)OCCO2. The molecule has 0 aromatic heterocycles. The first-order chi connectivity index (χ1) is 9.67. The molecule has 1 spiro atoms. The Labute approximate surface area is 119 Å². The van der Waals surface area contributed by atoms with Crippen LogP contribution in [0.2, 0.25) is 0 Å². The number of hydrogen-bond acceptors (Lipinski definition) is 3. The summed E-state index contributed by atoms with van der Waals surface area (Å²) in [7, 11) is 2.14. The first-order valence-corrected chi connectivity index (χ1v) is 7.39. The molecular weight excluding hydrogens is 257 g/mol. The Morgan fingerprint density at radius 1 is 1.15 bits per heavy atom. The summed E-state index contributed by atoms with van der Waals surface area (Å²) >= 11 is 0. The second-order valence-electron chi connectivity index (χ2n) is 5.88. The summed E-state index contributed by atoms with van der Waals surface area (Å²) in [5.41, 5.74) is 1.16. The van der Waals surface area contributed by atoms with Crippen LogP contribution < -0.4 is 0 Å². The van der Waals surface area contributed by atoms with Crippen LogP contribution in [0.4, 0.5) is 4.39 Å². The average Bonchev–Trinajstić information content (AvgIpc) is 2.90. The molecule has 20 heavy (non-hydrogen) atoms. The van der Waals surface area contributed by atoms with E-state index in [4.69, 9.17) is 9.47 Å². The topological polar surface area (TPSA) is 21.7 Å². The minimum Gasteiger partial charge on any atom is -0.348 e. The van der Waals surface area contributed by atoms with Crippen molar-refractivity contribution in [2.45, 2.75) is 44.1 Å². The number of nitrogens with zero attached hydrogens (tertiary/aromatic N) is 1. The van der Waals surface area contributed by atoms with Gasteiger partial charge < -0.3 is 9.47 Å². The van der Waals surface area contributed by atoms with E-state index >= 15 is 0 Å². The van der Waals surface area contributed by atoms with Crippen LogP contribution in [0.5, 0.6) is 0 Å². The summed E-state index contributed by atoms with van der Waals surface area (Å²) in [6.07, 6.45) is 4.15. The molecule has 1 aliphatic carbocycles. The summed E-state index contributed by atoms with van der Waals surface area (Å²) in [6.45, 7) is 2.33. The summed E-state index contributed by atoms with van der Waals surface area (Å²) in [6, 6.07) is 7.33. The van der Waals surface area contributed by atoms with Crippen LogP contribution in [0.15, 0.2) is 24.3 Å². The molecule has 1 saturated heterocycles. The molecule has 1 aromatic carbocycles. The van der Waals surface area contributed by atoms with Crippen molar-refractivity contribution >= 4 is 0 Å². The van der Waals surface area contributed by atoms with Gasteiger partial charge in [-0.3, -0.25) is 4.90 Å². The summed E-state index contributed by atoms with van der Waals surface area (Å²) < 4.78 is 24.4. The minimum absolute atomic E-state index is 0.174. The van der Waals surface area contributed by atoms with Crippen LogP contribution >= 0.6 is 0 Å². The molecule has 2 aliphatic rings. The second kappa shape index (κ2) is 5.80. The van der Waals surface area contributed by atoms with Gasteiger partial charge in [0.1, 0.15) is 5.82 Å². The minimum atomic E-state index is -0.285. The van der Waals surface area contributed by atoms with E-state index in [1.54, 1.807) is 0 Å². The van der Waals surface area contributed by atoms with Crippen LogP contribution in [0.3, 0.4) is 0 Å². The average molecular weight is 279 g/mol. The van der Waals surface area contributed by atoms with Crippen LogP contribution in [0.1, 0.15) is 31.2 Å². The molecule has 1 saturated carbocycles. The Morgan fingerprint density at radius 3 is 2.35 bits per heavy atom. The van der Waals surface area contributed by atoms with Gasteiger partial charge in [0.25, 0.3) is 0 Å². The molecule has 1 aliphatic heterocycles. The van der Waals surface area contributed by atoms with Crippen molar-refractivity contribution in [2.24, 2.45) is 0 Å². The van der Waals surface area contributed by atoms with Gasteiger partial charge in [0.05, 0.1) is 13.2 Å². The molecule has 0 N–H and O–H groups in total. The van der Waals surface area contributed by atoms with Gasteiger partial charge in [0, 0.05) is 25.4 Å². The van der Waals surface area contributed by atoms with Gasteiger partial charge in [-0.2, -0.15) is 0 Å². The van der Waals surface area contributed by atoms with Gasteiger partial charge in [-0.15, -0.1) is 0 Å². The van der Waals surface area contributed by atoms with Crippen molar-refractivity contribution in [3.8, 4) is 0 Å². The van der Waals surface area contributed by atoms with E-state index in [9.17, 15) is 4.39 Å². The summed E-state index contributed by atoms with van der Waals surface area (Å²) in [5, 5.41) is 0. The highest BCUT2D eigenvalue weighted by atomic mass is 19.1. The third-order valence-electron chi connectivity index (χ3n) is 4.50. The lowest BCUT2D eigenvalue weighted by atomic mass is 9.89. The standard InChI is InChI=1S/C16H22FNO2/c1-18(12-13-2-4-14(17)5-3-13)15-6-8-16(9-7-15)19-10-11-20-16/h2-5,15H,6-12H2,1H3. The van der Waals surface area contributed by atoms with Crippen LogP contribution in [-0.4, -0.2) is 37.0 Å². The molecule has 3 rings (SSSR count). The van der Waals surface area contributed by atoms with Crippen LogP contribution in [-0.2, 0) is 16.0 Å². The van der Waals surface area contributed by atoms with E-state index in [-0.39, 0.29) is 11.6 Å². The van der Waals surface area contributed by atoms with Crippen LogP contribution in [0.25, 0.3) is 0 Å². The van der Waals surface area contributed by atoms with Crippen molar-refractivity contribution < 1.29 is 13.9 Å². The lowest BCUT2D eigenvalue weighted by Gasteiger charge is -2.39. The monoisotopic (exact) mass is 279 g/mol. The second-order valence-corrected chi connectivity index (χ2v) is 5.88. The molecule has 0 amide bonds. The third kappa shape index (κ3) is 3.03. The van der Waals surface area contributed by atoms with Gasteiger partial charge in [-0.25, -0.2) is 4.39 Å². The molecule has 110 valence electrons. The van der Waals surface area contributed by atoms with Crippen molar-refractivity contribution in [1.29, 1.82) is 0 Å². The smallest absolute Gasteiger partial charge is 0.168 e. The van der Waals surface area contributed by atoms with Crippen molar-refractivity contribution in [3.63, 3.8) is 0 Å². The quantitative estimate of drug-likeness (QED) is 0.849. The van der Waals surface area contributed by atoms with Gasteiger partial charge in [0.2, 0.25) is 0 Å². The predicted molar refractivity (Wildman–Crippen MR) is 74.8 cm³/mol. The predicted octanol–water partition coefficient (Wildman–Crippen LogP) is 2.94. The number of halogens is 1. The number of rotatable bonds is 3. The maximum Gasteiger partial charge on any atom is 0.168 e. The Balaban J connectivity index is 1.53. The molecule has 0 bridgehead atoms. The van der Waals surface area contributed by atoms with Gasteiger partial charge in [-0.05, 0) is 37.6 Å². The Morgan fingerprint density at radius 2 is 1.75 bits per heavy atom. The molecule has 0 unspecified atom stereocenters. The first-order valence-electron chi connectivity index (χ1n) is 7.39. The molecule has 1 heterocycles. The zero-order chi connectivity index (χ0) is 14.0.